The van der Waals surface area contributed by atoms with Crippen molar-refractivity contribution in [3.63, 3.8) is 0 Å². The summed E-state index contributed by atoms with van der Waals surface area (Å²) in [7, 11) is 3.14. The van der Waals surface area contributed by atoms with Gasteiger partial charge in [0.05, 0.1) is 0 Å². The number of hydrogen-bond donors (Lipinski definition) is 1. The van der Waals surface area contributed by atoms with Gasteiger partial charge < -0.3 is 9.64 Å². The van der Waals surface area contributed by atoms with E-state index in [2.05, 4.69) is 25.6 Å². The highest BCUT2D eigenvalue weighted by atomic mass is 32.1. The van der Waals surface area contributed by atoms with Crippen LogP contribution in [-0.4, -0.2) is 47.2 Å². The van der Waals surface area contributed by atoms with Gasteiger partial charge in [0.1, 0.15) is 0 Å². The highest BCUT2D eigenvalue weighted by Crippen LogP contribution is 2.18. The number of ether oxygens (including phenoxy) is 1. The van der Waals surface area contributed by atoms with Crippen LogP contribution < -0.4 is 5.32 Å². The Balaban J connectivity index is 2.76. The van der Waals surface area contributed by atoms with Gasteiger partial charge in [-0.25, -0.2) is 9.59 Å². The third-order valence-electron chi connectivity index (χ3n) is 1.59. The van der Waals surface area contributed by atoms with Crippen molar-refractivity contribution in [2.24, 2.45) is 0 Å². The minimum absolute atomic E-state index is 0.0551. The minimum Gasteiger partial charge on any atom is -0.448 e. The van der Waals surface area contributed by atoms with Crippen LogP contribution in [0.15, 0.2) is 0 Å². The zero-order chi connectivity index (χ0) is 12.8. The van der Waals surface area contributed by atoms with Gasteiger partial charge >= 0.3 is 12.0 Å². The van der Waals surface area contributed by atoms with E-state index in [9.17, 15) is 9.59 Å². The number of anilines is 1. The zero-order valence-electron chi connectivity index (χ0n) is 9.26. The van der Waals surface area contributed by atoms with E-state index in [1.54, 1.807) is 14.1 Å². The first-order valence-corrected chi connectivity index (χ1v) is 5.25. The molecule has 0 radical (unpaired) electrons. The van der Waals surface area contributed by atoms with Crippen LogP contribution in [-0.2, 0) is 4.74 Å². The van der Waals surface area contributed by atoms with Gasteiger partial charge in [-0.15, -0.1) is 11.5 Å². The Morgan fingerprint density at radius 3 is 2.88 bits per heavy atom. The molecule has 2 amide bonds. The number of esters is 1. The molecule has 0 aromatic carbocycles. The van der Waals surface area contributed by atoms with Crippen LogP contribution in [0.25, 0.3) is 0 Å². The molecule has 8 heteroatoms. The molecule has 0 atom stereocenters. The maximum Gasteiger partial charge on any atom is 0.363 e. The number of carbonyl (C=O) groups is 2. The van der Waals surface area contributed by atoms with Crippen molar-refractivity contribution >= 4 is 28.5 Å². The first-order valence-electron chi connectivity index (χ1n) is 4.47. The Bertz CT molecular complexity index is 463. The van der Waals surface area contributed by atoms with E-state index in [0.717, 1.165) is 11.5 Å². The van der Waals surface area contributed by atoms with Gasteiger partial charge in [-0.05, 0) is 0 Å². The summed E-state index contributed by atoms with van der Waals surface area (Å²) in [4.78, 5) is 24.2. The highest BCUT2D eigenvalue weighted by Gasteiger charge is 2.19. The second-order valence-electron chi connectivity index (χ2n) is 3.06. The summed E-state index contributed by atoms with van der Waals surface area (Å²) in [6.45, 7) is -0.155. The van der Waals surface area contributed by atoms with Crippen LogP contribution in [0.3, 0.4) is 0 Å². The van der Waals surface area contributed by atoms with Crippen LogP contribution in [0.4, 0.5) is 9.80 Å². The summed E-state index contributed by atoms with van der Waals surface area (Å²) in [5.74, 6) is 1.44. The van der Waals surface area contributed by atoms with E-state index >= 15 is 0 Å². The van der Waals surface area contributed by atoms with Crippen LogP contribution in [0, 0.1) is 12.3 Å². The topological polar surface area (TPSA) is 84.4 Å². The summed E-state index contributed by atoms with van der Waals surface area (Å²) in [6.07, 6.45) is 4.95. The SMILES string of the molecule is C#CCOC(=O)c1nnsc1NC(=O)N(C)C. The standard InChI is InChI=1S/C9H10N4O3S/c1-4-5-16-8(14)6-7(17-12-11-6)10-9(15)13(2)3/h1H,5H2,2-3H3,(H,10,15). The number of rotatable bonds is 3. The predicted octanol–water partition coefficient (Wildman–Crippen LogP) is 0.422. The molecule has 1 aromatic heterocycles. The molecule has 1 heterocycles. The number of carbonyl (C=O) groups excluding carboxylic acids is 2. The highest BCUT2D eigenvalue weighted by molar-refractivity contribution is 7.10. The molecule has 0 aliphatic carbocycles. The average molecular weight is 254 g/mol. The van der Waals surface area contributed by atoms with E-state index < -0.39 is 5.97 Å². The zero-order valence-corrected chi connectivity index (χ0v) is 10.1. The Labute approximate surface area is 102 Å². The molecular formula is C9H10N4O3S. The molecule has 0 saturated carbocycles. The second kappa shape index (κ2) is 5.81. The Kier molecular flexibility index (Phi) is 4.42. The number of hydrogen-bond acceptors (Lipinski definition) is 6. The predicted molar refractivity (Wildman–Crippen MR) is 61.7 cm³/mol. The lowest BCUT2D eigenvalue weighted by Gasteiger charge is -2.10. The minimum atomic E-state index is -0.717. The first kappa shape index (κ1) is 12.9. The molecule has 1 rings (SSSR count). The van der Waals surface area contributed by atoms with Gasteiger partial charge in [-0.3, -0.25) is 5.32 Å². The molecule has 0 aliphatic rings. The van der Waals surface area contributed by atoms with Crippen molar-refractivity contribution in [2.75, 3.05) is 26.0 Å². The molecule has 0 bridgehead atoms. The fourth-order valence-corrected chi connectivity index (χ4v) is 1.34. The Morgan fingerprint density at radius 2 is 2.29 bits per heavy atom. The number of amides is 2. The Hall–Kier alpha value is -2.14. The largest absolute Gasteiger partial charge is 0.448 e. The molecule has 7 nitrogen and oxygen atoms in total. The van der Waals surface area contributed by atoms with E-state index in [4.69, 9.17) is 6.42 Å². The van der Waals surface area contributed by atoms with E-state index in [-0.39, 0.29) is 23.3 Å². The van der Waals surface area contributed by atoms with Gasteiger partial charge in [0.25, 0.3) is 0 Å². The molecule has 0 spiro atoms. The van der Waals surface area contributed by atoms with E-state index in [0.29, 0.717) is 0 Å². The van der Waals surface area contributed by atoms with Gasteiger partial charge in [-0.1, -0.05) is 10.4 Å². The number of nitrogens with one attached hydrogen (secondary N) is 1. The smallest absolute Gasteiger partial charge is 0.363 e. The number of aromatic nitrogens is 2. The monoisotopic (exact) mass is 254 g/mol. The molecule has 0 unspecified atom stereocenters. The molecule has 1 N–H and O–H groups in total. The van der Waals surface area contributed by atoms with Gasteiger partial charge in [0, 0.05) is 25.6 Å². The lowest BCUT2D eigenvalue weighted by atomic mass is 10.4. The third kappa shape index (κ3) is 3.42. The molecule has 0 fully saturated rings. The van der Waals surface area contributed by atoms with Crippen LogP contribution >= 0.6 is 11.5 Å². The summed E-state index contributed by atoms with van der Waals surface area (Å²) in [5.41, 5.74) is -0.0551. The third-order valence-corrected chi connectivity index (χ3v) is 2.24. The van der Waals surface area contributed by atoms with E-state index in [1.807, 2.05) is 0 Å². The normalized spacial score (nSPS) is 9.24. The van der Waals surface area contributed by atoms with Crippen molar-refractivity contribution in [2.45, 2.75) is 0 Å². The summed E-state index contributed by atoms with van der Waals surface area (Å²) in [5, 5.41) is 6.28. The van der Waals surface area contributed by atoms with Gasteiger partial charge in [0.15, 0.2) is 11.6 Å². The van der Waals surface area contributed by atoms with E-state index in [1.165, 1.54) is 4.90 Å². The quantitative estimate of drug-likeness (QED) is 0.624. The van der Waals surface area contributed by atoms with Crippen molar-refractivity contribution in [3.8, 4) is 12.3 Å². The van der Waals surface area contributed by atoms with Gasteiger partial charge in [-0.2, -0.15) is 0 Å². The summed E-state index contributed by atoms with van der Waals surface area (Å²) < 4.78 is 8.25. The lowest BCUT2D eigenvalue weighted by Crippen LogP contribution is -2.27. The fraction of sp³-hybridized carbons (Fsp3) is 0.333. The Morgan fingerprint density at radius 1 is 1.59 bits per heavy atom. The summed E-state index contributed by atoms with van der Waals surface area (Å²) in [6, 6.07) is -0.387. The number of urea groups is 1. The van der Waals surface area contributed by atoms with Crippen molar-refractivity contribution in [1.82, 2.24) is 14.5 Å². The van der Waals surface area contributed by atoms with Crippen LogP contribution in [0.1, 0.15) is 10.5 Å². The molecule has 90 valence electrons. The number of terminal acetylenes is 1. The first-order chi connectivity index (χ1) is 8.06. The molecule has 0 aliphatic heterocycles. The summed E-state index contributed by atoms with van der Waals surface area (Å²) >= 11 is 0.885. The van der Waals surface area contributed by atoms with Crippen molar-refractivity contribution in [3.05, 3.63) is 5.69 Å². The maximum atomic E-state index is 11.5. The molecule has 1 aromatic rings. The van der Waals surface area contributed by atoms with Crippen molar-refractivity contribution in [1.29, 1.82) is 0 Å². The fourth-order valence-electron chi connectivity index (χ4n) is 0.791. The van der Waals surface area contributed by atoms with Crippen LogP contribution in [0.5, 0.6) is 0 Å². The molecular weight excluding hydrogens is 244 g/mol. The van der Waals surface area contributed by atoms with Crippen molar-refractivity contribution < 1.29 is 14.3 Å². The average Bonchev–Trinajstić information content (AvgIpc) is 2.73. The second-order valence-corrected chi connectivity index (χ2v) is 3.81. The molecule has 17 heavy (non-hydrogen) atoms. The van der Waals surface area contributed by atoms with Crippen LogP contribution in [0.2, 0.25) is 0 Å². The number of nitrogens with zero attached hydrogens (tertiary/aromatic N) is 3. The maximum absolute atomic E-state index is 11.5. The molecule has 0 saturated heterocycles. The van der Waals surface area contributed by atoms with Gasteiger partial charge in [0.2, 0.25) is 5.69 Å². The lowest BCUT2D eigenvalue weighted by molar-refractivity contribution is 0.0551.